The zero-order chi connectivity index (χ0) is 16.2. The monoisotopic (exact) mass is 302 g/mol. The van der Waals surface area contributed by atoms with Crippen molar-refractivity contribution in [1.29, 1.82) is 0 Å². The number of unbranched alkanes of at least 4 members (excludes halogenated alkanes) is 3. The average Bonchev–Trinajstić information content (AvgIpc) is 2.89. The first-order valence-corrected chi connectivity index (χ1v) is 8.57. The number of amides is 1. The van der Waals surface area contributed by atoms with Crippen molar-refractivity contribution in [2.24, 2.45) is 5.73 Å². The summed E-state index contributed by atoms with van der Waals surface area (Å²) in [5.41, 5.74) is 9.45. The van der Waals surface area contributed by atoms with Crippen LogP contribution in [0.3, 0.4) is 0 Å². The molecular formula is C19H30N2O. The van der Waals surface area contributed by atoms with Crippen LogP contribution in [0, 0.1) is 0 Å². The van der Waals surface area contributed by atoms with Gasteiger partial charge in [0.25, 0.3) is 0 Å². The Bertz CT molecular complexity index is 517. The predicted octanol–water partition coefficient (Wildman–Crippen LogP) is 3.78. The minimum absolute atomic E-state index is 0.162. The second-order valence-electron chi connectivity index (χ2n) is 7.34. The van der Waals surface area contributed by atoms with Crippen molar-refractivity contribution in [1.82, 2.24) is 0 Å². The number of nitrogens with two attached hydrogens (primary N) is 1. The molecule has 0 unspecified atom stereocenters. The van der Waals surface area contributed by atoms with Gasteiger partial charge in [-0.1, -0.05) is 45.7 Å². The van der Waals surface area contributed by atoms with Gasteiger partial charge in [0.2, 0.25) is 5.91 Å². The zero-order valence-corrected chi connectivity index (χ0v) is 14.3. The number of rotatable bonds is 6. The first kappa shape index (κ1) is 17.0. The van der Waals surface area contributed by atoms with Crippen molar-refractivity contribution in [2.45, 2.75) is 64.7 Å². The molecule has 0 atom stereocenters. The standard InChI is InChI=1S/C19H30N2O/c1-19(2,3)16-9-10-17-15(14-16)11-13-21(17)18(22)8-6-4-5-7-12-20/h9-10,14H,4-8,11-13,20H2,1-3H3. The molecule has 122 valence electrons. The highest BCUT2D eigenvalue weighted by Gasteiger charge is 2.25. The van der Waals surface area contributed by atoms with Gasteiger partial charge in [-0.15, -0.1) is 0 Å². The van der Waals surface area contributed by atoms with E-state index in [0.29, 0.717) is 6.42 Å². The molecule has 0 saturated carbocycles. The Balaban J connectivity index is 1.95. The van der Waals surface area contributed by atoms with E-state index in [-0.39, 0.29) is 11.3 Å². The lowest BCUT2D eigenvalue weighted by Crippen LogP contribution is -2.28. The van der Waals surface area contributed by atoms with Crippen molar-refractivity contribution >= 4 is 11.6 Å². The second-order valence-corrected chi connectivity index (χ2v) is 7.34. The van der Waals surface area contributed by atoms with E-state index in [0.717, 1.165) is 50.9 Å². The molecule has 0 aliphatic carbocycles. The van der Waals surface area contributed by atoms with Crippen molar-refractivity contribution in [3.63, 3.8) is 0 Å². The molecule has 1 heterocycles. The fraction of sp³-hybridized carbons (Fsp3) is 0.632. The number of carbonyl (C=O) groups excluding carboxylic acids is 1. The molecule has 22 heavy (non-hydrogen) atoms. The molecule has 0 radical (unpaired) electrons. The van der Waals surface area contributed by atoms with E-state index < -0.39 is 0 Å². The Hall–Kier alpha value is -1.35. The molecule has 1 amide bonds. The van der Waals surface area contributed by atoms with Gasteiger partial charge >= 0.3 is 0 Å². The number of hydrogen-bond donors (Lipinski definition) is 1. The molecule has 0 saturated heterocycles. The Kier molecular flexibility index (Phi) is 5.63. The maximum Gasteiger partial charge on any atom is 0.226 e. The molecule has 2 rings (SSSR count). The van der Waals surface area contributed by atoms with Gasteiger partial charge in [0.1, 0.15) is 0 Å². The van der Waals surface area contributed by atoms with E-state index >= 15 is 0 Å². The number of nitrogens with zero attached hydrogens (tertiary/aromatic N) is 1. The van der Waals surface area contributed by atoms with E-state index in [2.05, 4.69) is 39.0 Å². The summed E-state index contributed by atoms with van der Waals surface area (Å²) < 4.78 is 0. The van der Waals surface area contributed by atoms with Crippen LogP contribution in [0.25, 0.3) is 0 Å². The lowest BCUT2D eigenvalue weighted by Gasteiger charge is -2.21. The van der Waals surface area contributed by atoms with Crippen LogP contribution in [0.5, 0.6) is 0 Å². The highest BCUT2D eigenvalue weighted by molar-refractivity contribution is 5.95. The fourth-order valence-corrected chi connectivity index (χ4v) is 3.04. The summed E-state index contributed by atoms with van der Waals surface area (Å²) in [5.74, 6) is 0.273. The number of anilines is 1. The maximum atomic E-state index is 12.4. The molecule has 0 bridgehead atoms. The largest absolute Gasteiger partial charge is 0.330 e. The van der Waals surface area contributed by atoms with Crippen LogP contribution in [-0.4, -0.2) is 19.0 Å². The van der Waals surface area contributed by atoms with Crippen LogP contribution in [0.1, 0.15) is 64.0 Å². The van der Waals surface area contributed by atoms with Crippen molar-refractivity contribution in [3.05, 3.63) is 29.3 Å². The SMILES string of the molecule is CC(C)(C)c1ccc2c(c1)CCN2C(=O)CCCCCCN. The number of carbonyl (C=O) groups is 1. The van der Waals surface area contributed by atoms with Crippen LogP contribution in [-0.2, 0) is 16.6 Å². The van der Waals surface area contributed by atoms with Gasteiger partial charge in [-0.25, -0.2) is 0 Å². The molecule has 3 nitrogen and oxygen atoms in total. The van der Waals surface area contributed by atoms with Gasteiger partial charge in [0.15, 0.2) is 0 Å². The maximum absolute atomic E-state index is 12.4. The van der Waals surface area contributed by atoms with Gasteiger partial charge in [0, 0.05) is 18.7 Å². The van der Waals surface area contributed by atoms with Gasteiger partial charge in [-0.05, 0) is 48.4 Å². The van der Waals surface area contributed by atoms with Crippen LogP contribution in [0.2, 0.25) is 0 Å². The third-order valence-electron chi connectivity index (χ3n) is 4.49. The topological polar surface area (TPSA) is 46.3 Å². The van der Waals surface area contributed by atoms with Gasteiger partial charge in [-0.3, -0.25) is 4.79 Å². The van der Waals surface area contributed by atoms with Crippen LogP contribution in [0.4, 0.5) is 5.69 Å². The van der Waals surface area contributed by atoms with E-state index in [1.807, 2.05) is 4.90 Å². The van der Waals surface area contributed by atoms with Crippen LogP contribution < -0.4 is 10.6 Å². The lowest BCUT2D eigenvalue weighted by molar-refractivity contribution is -0.118. The van der Waals surface area contributed by atoms with E-state index in [4.69, 9.17) is 5.73 Å². The van der Waals surface area contributed by atoms with E-state index in [1.165, 1.54) is 11.1 Å². The molecule has 1 aromatic rings. The number of fused-ring (bicyclic) bond motifs is 1. The summed E-state index contributed by atoms with van der Waals surface area (Å²) in [5, 5.41) is 0. The number of benzene rings is 1. The molecule has 0 spiro atoms. The van der Waals surface area contributed by atoms with Gasteiger partial charge in [-0.2, -0.15) is 0 Å². The minimum Gasteiger partial charge on any atom is -0.330 e. The molecular weight excluding hydrogens is 272 g/mol. The first-order chi connectivity index (χ1) is 10.4. The second kappa shape index (κ2) is 7.28. The van der Waals surface area contributed by atoms with Gasteiger partial charge < -0.3 is 10.6 Å². The lowest BCUT2D eigenvalue weighted by atomic mass is 9.86. The summed E-state index contributed by atoms with van der Waals surface area (Å²) in [6, 6.07) is 6.59. The molecule has 1 aliphatic heterocycles. The summed E-state index contributed by atoms with van der Waals surface area (Å²) in [6.07, 6.45) is 5.92. The Morgan fingerprint density at radius 1 is 1.18 bits per heavy atom. The molecule has 0 fully saturated rings. The van der Waals surface area contributed by atoms with Crippen LogP contribution in [0.15, 0.2) is 18.2 Å². The molecule has 1 aliphatic rings. The predicted molar refractivity (Wildman–Crippen MR) is 93.3 cm³/mol. The molecule has 3 heteroatoms. The summed E-state index contributed by atoms with van der Waals surface area (Å²) in [7, 11) is 0. The van der Waals surface area contributed by atoms with E-state index in [9.17, 15) is 4.79 Å². The van der Waals surface area contributed by atoms with Crippen LogP contribution >= 0.6 is 0 Å². The minimum atomic E-state index is 0.162. The molecule has 0 aromatic heterocycles. The molecule has 1 aromatic carbocycles. The smallest absolute Gasteiger partial charge is 0.226 e. The van der Waals surface area contributed by atoms with Crippen molar-refractivity contribution in [3.8, 4) is 0 Å². The van der Waals surface area contributed by atoms with Gasteiger partial charge in [0.05, 0.1) is 0 Å². The Labute approximate surface area is 134 Å². The summed E-state index contributed by atoms with van der Waals surface area (Å²) in [4.78, 5) is 14.4. The Morgan fingerprint density at radius 3 is 2.59 bits per heavy atom. The van der Waals surface area contributed by atoms with E-state index in [1.54, 1.807) is 0 Å². The summed E-state index contributed by atoms with van der Waals surface area (Å²) in [6.45, 7) is 8.28. The van der Waals surface area contributed by atoms with Crippen molar-refractivity contribution in [2.75, 3.05) is 18.0 Å². The fourth-order valence-electron chi connectivity index (χ4n) is 3.04. The normalized spacial score (nSPS) is 14.3. The Morgan fingerprint density at radius 2 is 1.91 bits per heavy atom. The average molecular weight is 302 g/mol. The summed E-state index contributed by atoms with van der Waals surface area (Å²) >= 11 is 0. The highest BCUT2D eigenvalue weighted by Crippen LogP contribution is 2.33. The zero-order valence-electron chi connectivity index (χ0n) is 14.3. The van der Waals surface area contributed by atoms with Crippen molar-refractivity contribution < 1.29 is 4.79 Å². The first-order valence-electron chi connectivity index (χ1n) is 8.57. The quantitative estimate of drug-likeness (QED) is 0.813. The number of hydrogen-bond acceptors (Lipinski definition) is 2. The third-order valence-corrected chi connectivity index (χ3v) is 4.49. The third kappa shape index (κ3) is 4.10. The highest BCUT2D eigenvalue weighted by atomic mass is 16.2. The molecule has 2 N–H and O–H groups in total.